The summed E-state index contributed by atoms with van der Waals surface area (Å²) in [5.74, 6) is 0.856. The van der Waals surface area contributed by atoms with Crippen molar-refractivity contribution in [2.24, 2.45) is 5.92 Å². The average molecular weight is 162 g/mol. The summed E-state index contributed by atoms with van der Waals surface area (Å²) in [6, 6.07) is 0. The molecule has 2 aliphatic carbocycles. The van der Waals surface area contributed by atoms with E-state index in [9.17, 15) is 0 Å². The fourth-order valence-corrected chi connectivity index (χ4v) is 2.66. The topological polar surface area (TPSA) is 0 Å². The van der Waals surface area contributed by atoms with Crippen molar-refractivity contribution in [2.45, 2.75) is 45.4 Å². The van der Waals surface area contributed by atoms with Crippen molar-refractivity contribution in [3.8, 4) is 0 Å². The highest BCUT2D eigenvalue weighted by Crippen LogP contribution is 2.40. The molecule has 2 aliphatic rings. The Morgan fingerprint density at radius 3 is 2.50 bits per heavy atom. The van der Waals surface area contributed by atoms with E-state index in [1.165, 1.54) is 44.1 Å². The molecule has 0 amide bonds. The molecule has 2 fully saturated rings. The fourth-order valence-electron chi connectivity index (χ4n) is 2.66. The van der Waals surface area contributed by atoms with Crippen LogP contribution in [0, 0.1) is 5.92 Å². The first-order valence-electron chi connectivity index (χ1n) is 5.19. The van der Waals surface area contributed by atoms with E-state index in [0.717, 1.165) is 5.92 Å². The molecule has 66 valence electrons. The summed E-state index contributed by atoms with van der Waals surface area (Å²) in [7, 11) is 0. The summed E-state index contributed by atoms with van der Waals surface area (Å²) in [5, 5.41) is 0. The van der Waals surface area contributed by atoms with Gasteiger partial charge < -0.3 is 0 Å². The number of hydrogen-bond acceptors (Lipinski definition) is 0. The molecule has 0 aromatic rings. The Morgan fingerprint density at radius 2 is 2.00 bits per heavy atom. The smallest absolute Gasteiger partial charge is 0.0226 e. The second-order valence-corrected chi connectivity index (χ2v) is 4.25. The molecule has 0 aromatic heterocycles. The van der Waals surface area contributed by atoms with Crippen LogP contribution in [0.25, 0.3) is 0 Å². The predicted octanol–water partition coefficient (Wildman–Crippen LogP) is 3.84. The molecule has 0 bridgehead atoms. The van der Waals surface area contributed by atoms with E-state index in [0.29, 0.717) is 0 Å². The van der Waals surface area contributed by atoms with Crippen LogP contribution in [0.4, 0.5) is 0 Å². The molecular formula is C12H18. The minimum atomic E-state index is 0.856. The lowest BCUT2D eigenvalue weighted by Gasteiger charge is -2.10. The van der Waals surface area contributed by atoms with E-state index in [2.05, 4.69) is 13.5 Å². The summed E-state index contributed by atoms with van der Waals surface area (Å²) >= 11 is 0. The van der Waals surface area contributed by atoms with Gasteiger partial charge in [0.05, 0.1) is 0 Å². The summed E-state index contributed by atoms with van der Waals surface area (Å²) in [4.78, 5) is 0. The van der Waals surface area contributed by atoms with Crippen molar-refractivity contribution in [3.63, 3.8) is 0 Å². The molecule has 2 rings (SSSR count). The maximum absolute atomic E-state index is 4.16. The zero-order valence-electron chi connectivity index (χ0n) is 8.03. The van der Waals surface area contributed by atoms with E-state index >= 15 is 0 Å². The first-order valence-corrected chi connectivity index (χ1v) is 5.19. The average Bonchev–Trinajstić information content (AvgIpc) is 2.59. The van der Waals surface area contributed by atoms with Crippen molar-refractivity contribution in [3.05, 3.63) is 23.3 Å². The highest BCUT2D eigenvalue weighted by atomic mass is 14.3. The minimum Gasteiger partial charge on any atom is -0.0956 e. The van der Waals surface area contributed by atoms with E-state index in [4.69, 9.17) is 0 Å². The van der Waals surface area contributed by atoms with Gasteiger partial charge in [-0.15, -0.1) is 0 Å². The van der Waals surface area contributed by atoms with Gasteiger partial charge in [0.2, 0.25) is 0 Å². The molecule has 0 aliphatic heterocycles. The van der Waals surface area contributed by atoms with Crippen molar-refractivity contribution in [2.75, 3.05) is 0 Å². The first kappa shape index (κ1) is 8.10. The van der Waals surface area contributed by atoms with Gasteiger partial charge in [0.1, 0.15) is 0 Å². The van der Waals surface area contributed by atoms with Crippen LogP contribution in [0.5, 0.6) is 0 Å². The number of allylic oxidation sites excluding steroid dienone is 3. The van der Waals surface area contributed by atoms with Crippen LogP contribution >= 0.6 is 0 Å². The Labute approximate surface area is 75.4 Å². The molecule has 1 atom stereocenters. The molecule has 0 nitrogen and oxygen atoms in total. The van der Waals surface area contributed by atoms with Gasteiger partial charge in [-0.1, -0.05) is 24.6 Å². The molecule has 1 unspecified atom stereocenters. The highest BCUT2D eigenvalue weighted by Gasteiger charge is 2.23. The van der Waals surface area contributed by atoms with Crippen LogP contribution in [0.2, 0.25) is 0 Å². The van der Waals surface area contributed by atoms with Gasteiger partial charge >= 0.3 is 0 Å². The van der Waals surface area contributed by atoms with Gasteiger partial charge in [0, 0.05) is 0 Å². The lowest BCUT2D eigenvalue weighted by atomic mass is 9.96. The Bertz CT molecular complexity index is 232. The molecule has 2 saturated carbocycles. The van der Waals surface area contributed by atoms with Crippen LogP contribution in [-0.4, -0.2) is 0 Å². The van der Waals surface area contributed by atoms with Gasteiger partial charge in [-0.25, -0.2) is 0 Å². The quantitative estimate of drug-likeness (QED) is 0.507. The summed E-state index contributed by atoms with van der Waals surface area (Å²) in [6.45, 7) is 6.53. The van der Waals surface area contributed by atoms with Crippen molar-refractivity contribution in [1.29, 1.82) is 0 Å². The molecule has 0 heteroatoms. The second kappa shape index (κ2) is 3.08. The molecule has 0 saturated heterocycles. The Morgan fingerprint density at radius 1 is 1.17 bits per heavy atom. The maximum atomic E-state index is 4.16. The molecule has 0 radical (unpaired) electrons. The van der Waals surface area contributed by atoms with Gasteiger partial charge in [-0.3, -0.25) is 0 Å². The van der Waals surface area contributed by atoms with Gasteiger partial charge in [-0.05, 0) is 50.0 Å². The largest absolute Gasteiger partial charge is 0.0956 e. The first-order chi connectivity index (χ1) is 5.79. The maximum Gasteiger partial charge on any atom is -0.0226 e. The van der Waals surface area contributed by atoms with E-state index < -0.39 is 0 Å². The number of rotatable bonds is 0. The second-order valence-electron chi connectivity index (χ2n) is 4.25. The van der Waals surface area contributed by atoms with Crippen molar-refractivity contribution in [1.82, 2.24) is 0 Å². The van der Waals surface area contributed by atoms with Gasteiger partial charge in [-0.2, -0.15) is 0 Å². The highest BCUT2D eigenvalue weighted by molar-refractivity contribution is 5.38. The molecule has 0 aromatic carbocycles. The third-order valence-corrected chi connectivity index (χ3v) is 3.40. The van der Waals surface area contributed by atoms with Crippen LogP contribution < -0.4 is 0 Å². The van der Waals surface area contributed by atoms with Crippen LogP contribution in [0.1, 0.15) is 45.4 Å². The third-order valence-electron chi connectivity index (χ3n) is 3.40. The monoisotopic (exact) mass is 162 g/mol. The summed E-state index contributed by atoms with van der Waals surface area (Å²) in [6.07, 6.45) is 8.10. The van der Waals surface area contributed by atoms with Crippen LogP contribution in [0.15, 0.2) is 23.3 Å². The molecule has 0 spiro atoms. The minimum absolute atomic E-state index is 0.856. The third kappa shape index (κ3) is 1.24. The normalized spacial score (nSPS) is 36.4. The van der Waals surface area contributed by atoms with E-state index in [-0.39, 0.29) is 0 Å². The number of hydrogen-bond donors (Lipinski definition) is 0. The lowest BCUT2D eigenvalue weighted by molar-refractivity contribution is 0.691. The Hall–Kier alpha value is -0.520. The molecule has 0 heterocycles. The lowest BCUT2D eigenvalue weighted by Crippen LogP contribution is -1.93. The zero-order chi connectivity index (χ0) is 8.55. The molecular weight excluding hydrogens is 144 g/mol. The Balaban J connectivity index is 2.28. The molecule has 0 N–H and O–H groups in total. The van der Waals surface area contributed by atoms with Crippen LogP contribution in [0.3, 0.4) is 0 Å². The van der Waals surface area contributed by atoms with E-state index in [1.54, 1.807) is 11.1 Å². The van der Waals surface area contributed by atoms with Crippen molar-refractivity contribution >= 4 is 0 Å². The zero-order valence-corrected chi connectivity index (χ0v) is 8.03. The van der Waals surface area contributed by atoms with Gasteiger partial charge in [0.15, 0.2) is 0 Å². The summed E-state index contributed by atoms with van der Waals surface area (Å²) < 4.78 is 0. The van der Waals surface area contributed by atoms with Crippen molar-refractivity contribution < 1.29 is 0 Å². The molecule has 12 heavy (non-hydrogen) atoms. The summed E-state index contributed by atoms with van der Waals surface area (Å²) in [5.41, 5.74) is 4.84. The van der Waals surface area contributed by atoms with E-state index in [1.807, 2.05) is 0 Å². The fraction of sp³-hybridized carbons (Fsp3) is 0.667. The SMILES string of the molecule is C=C1CCC/C1=C1\CCCC1C. The van der Waals surface area contributed by atoms with Gasteiger partial charge in [0.25, 0.3) is 0 Å². The Kier molecular flexibility index (Phi) is 2.08. The standard InChI is InChI=1S/C12H18/c1-9-5-3-7-11(9)12-8-4-6-10(12)2/h10H,1,3-8H2,2H3/b12-11-. The van der Waals surface area contributed by atoms with Crippen LogP contribution in [-0.2, 0) is 0 Å². The predicted molar refractivity (Wildman–Crippen MR) is 53.0 cm³/mol.